The van der Waals surface area contributed by atoms with E-state index >= 15 is 0 Å². The van der Waals surface area contributed by atoms with Crippen molar-refractivity contribution in [1.29, 1.82) is 0 Å². The van der Waals surface area contributed by atoms with Crippen molar-refractivity contribution in [3.63, 3.8) is 0 Å². The van der Waals surface area contributed by atoms with Crippen LogP contribution in [0.4, 0.5) is 0 Å². The van der Waals surface area contributed by atoms with E-state index in [0.717, 1.165) is 82.9 Å². The highest BCUT2D eigenvalue weighted by Crippen LogP contribution is 2.70. The molecule has 8 aliphatic rings. The Morgan fingerprint density at radius 3 is 1.23 bits per heavy atom. The van der Waals surface area contributed by atoms with Crippen LogP contribution < -0.4 is 0 Å². The van der Waals surface area contributed by atoms with Gasteiger partial charge in [0.25, 0.3) is 0 Å². The maximum atomic E-state index is 5.78. The molecule has 1 aromatic rings. The van der Waals surface area contributed by atoms with E-state index in [4.69, 9.17) is 9.97 Å². The minimum atomic E-state index is 0.419. The molecule has 2 unspecified atom stereocenters. The molecule has 16 atom stereocenters. The van der Waals surface area contributed by atoms with Crippen molar-refractivity contribution >= 4 is 0 Å². The first-order chi connectivity index (χ1) is 26.7. The summed E-state index contributed by atoms with van der Waals surface area (Å²) in [5.74, 6) is 12.7. The van der Waals surface area contributed by atoms with Crippen molar-refractivity contribution in [2.24, 2.45) is 105 Å². The predicted octanol–water partition coefficient (Wildman–Crippen LogP) is 14.5. The molecular formula is C54H88N2. The lowest BCUT2D eigenvalue weighted by atomic mass is 9.44. The summed E-state index contributed by atoms with van der Waals surface area (Å²) < 4.78 is 0. The van der Waals surface area contributed by atoms with Gasteiger partial charge in [0.15, 0.2) is 0 Å². The summed E-state index contributed by atoms with van der Waals surface area (Å²) in [4.78, 5) is 11.6. The van der Waals surface area contributed by atoms with E-state index in [-0.39, 0.29) is 0 Å². The van der Waals surface area contributed by atoms with E-state index in [1.807, 2.05) is 0 Å². The molecule has 56 heavy (non-hydrogen) atoms. The second kappa shape index (κ2) is 14.9. The van der Waals surface area contributed by atoms with Gasteiger partial charge in [0.2, 0.25) is 0 Å². The first kappa shape index (κ1) is 40.5. The van der Waals surface area contributed by atoms with E-state index in [0.29, 0.717) is 21.7 Å². The van der Waals surface area contributed by atoms with Gasteiger partial charge in [-0.3, -0.25) is 9.97 Å². The third-order valence-electron chi connectivity index (χ3n) is 21.7. The van der Waals surface area contributed by atoms with E-state index in [1.54, 1.807) is 0 Å². The average molecular weight is 765 g/mol. The highest BCUT2D eigenvalue weighted by Gasteiger charge is 2.63. The molecule has 0 aliphatic heterocycles. The molecular weight excluding hydrogens is 677 g/mol. The number of hydrogen-bond acceptors (Lipinski definition) is 2. The predicted molar refractivity (Wildman–Crippen MR) is 235 cm³/mol. The zero-order valence-corrected chi connectivity index (χ0v) is 38.5. The van der Waals surface area contributed by atoms with Crippen LogP contribution in [0.5, 0.6) is 0 Å². The van der Waals surface area contributed by atoms with Gasteiger partial charge in [-0.25, -0.2) is 0 Å². The Morgan fingerprint density at radius 1 is 0.446 bits per heavy atom. The molecule has 0 amide bonds. The molecule has 314 valence electrons. The number of rotatable bonds is 10. The number of hydrogen-bond donors (Lipinski definition) is 0. The molecule has 1 aromatic heterocycles. The summed E-state index contributed by atoms with van der Waals surface area (Å²) in [7, 11) is 0. The lowest BCUT2D eigenvalue weighted by molar-refractivity contribution is -0.106. The smallest absolute Gasteiger partial charge is 0.0628 e. The molecule has 0 saturated heterocycles. The molecule has 8 aliphatic carbocycles. The van der Waals surface area contributed by atoms with Gasteiger partial charge in [0.05, 0.1) is 22.8 Å². The summed E-state index contributed by atoms with van der Waals surface area (Å²) >= 11 is 0. The zero-order chi connectivity index (χ0) is 39.4. The van der Waals surface area contributed by atoms with Gasteiger partial charge >= 0.3 is 0 Å². The summed E-state index contributed by atoms with van der Waals surface area (Å²) in [5, 5.41) is 0. The van der Waals surface area contributed by atoms with Crippen LogP contribution in [-0.2, 0) is 25.7 Å². The van der Waals surface area contributed by atoms with Crippen LogP contribution in [0.15, 0.2) is 0 Å². The minimum Gasteiger partial charge on any atom is -0.254 e. The monoisotopic (exact) mass is 765 g/mol. The van der Waals surface area contributed by atoms with E-state index in [1.165, 1.54) is 164 Å². The third-order valence-corrected chi connectivity index (χ3v) is 21.7. The Bertz CT molecular complexity index is 1460. The van der Waals surface area contributed by atoms with Crippen LogP contribution in [0, 0.1) is 105 Å². The second-order valence-corrected chi connectivity index (χ2v) is 25.1. The van der Waals surface area contributed by atoms with Gasteiger partial charge in [-0.2, -0.15) is 0 Å². The number of nitrogens with zero attached hydrogens (tertiary/aromatic N) is 2. The van der Waals surface area contributed by atoms with Crippen LogP contribution in [0.25, 0.3) is 0 Å². The van der Waals surface area contributed by atoms with Crippen molar-refractivity contribution < 1.29 is 0 Å². The Hall–Kier alpha value is -0.920. The Labute approximate surface area is 346 Å². The van der Waals surface area contributed by atoms with Gasteiger partial charge in [0, 0.05) is 0 Å². The summed E-state index contributed by atoms with van der Waals surface area (Å²) in [6.45, 7) is 26.0. The Balaban J connectivity index is 0.893. The number of fused-ring (bicyclic) bond motifs is 12. The lowest BCUT2D eigenvalue weighted by Crippen LogP contribution is -2.55. The maximum Gasteiger partial charge on any atom is 0.0628 e. The van der Waals surface area contributed by atoms with Gasteiger partial charge in [-0.1, -0.05) is 108 Å². The highest BCUT2D eigenvalue weighted by atomic mass is 14.9. The topological polar surface area (TPSA) is 25.8 Å². The molecule has 2 heteroatoms. The summed E-state index contributed by atoms with van der Waals surface area (Å²) in [6.07, 6.45) is 31.3. The van der Waals surface area contributed by atoms with Crippen LogP contribution in [0.3, 0.4) is 0 Å². The Morgan fingerprint density at radius 2 is 0.839 bits per heavy atom. The fraction of sp³-hybridized carbons (Fsp3) is 0.926. The van der Waals surface area contributed by atoms with Gasteiger partial charge in [0.1, 0.15) is 0 Å². The van der Waals surface area contributed by atoms with Gasteiger partial charge < -0.3 is 0 Å². The minimum absolute atomic E-state index is 0.419. The molecule has 2 nitrogen and oxygen atoms in total. The van der Waals surface area contributed by atoms with Crippen molar-refractivity contribution in [3.05, 3.63) is 22.8 Å². The molecule has 0 bridgehead atoms. The molecule has 0 N–H and O–H groups in total. The first-order valence-electron chi connectivity index (χ1n) is 25.5. The molecule has 9 rings (SSSR count). The van der Waals surface area contributed by atoms with Crippen LogP contribution in [0.1, 0.15) is 208 Å². The maximum absolute atomic E-state index is 5.78. The van der Waals surface area contributed by atoms with E-state index in [9.17, 15) is 0 Å². The van der Waals surface area contributed by atoms with Crippen molar-refractivity contribution in [2.75, 3.05) is 0 Å². The first-order valence-corrected chi connectivity index (χ1v) is 25.5. The van der Waals surface area contributed by atoms with E-state index in [2.05, 4.69) is 69.2 Å². The van der Waals surface area contributed by atoms with Crippen LogP contribution in [0.2, 0.25) is 0 Å². The fourth-order valence-corrected chi connectivity index (χ4v) is 18.7. The summed E-state index contributed by atoms with van der Waals surface area (Å²) in [6, 6.07) is 0. The Kier molecular flexibility index (Phi) is 10.8. The summed E-state index contributed by atoms with van der Waals surface area (Å²) in [5.41, 5.74) is 7.79. The molecule has 6 saturated carbocycles. The molecule has 1 heterocycles. The normalized spacial score (nSPS) is 46.1. The number of aromatic nitrogens is 2. The van der Waals surface area contributed by atoms with Crippen molar-refractivity contribution in [2.45, 2.75) is 210 Å². The van der Waals surface area contributed by atoms with Gasteiger partial charge in [-0.05, 0) is 207 Å². The van der Waals surface area contributed by atoms with Gasteiger partial charge in [-0.15, -0.1) is 0 Å². The molecule has 0 aromatic carbocycles. The molecule has 0 spiro atoms. The van der Waals surface area contributed by atoms with E-state index < -0.39 is 0 Å². The van der Waals surface area contributed by atoms with Crippen molar-refractivity contribution in [3.8, 4) is 0 Å². The largest absolute Gasteiger partial charge is 0.254 e. The molecule has 6 fully saturated rings. The van der Waals surface area contributed by atoms with Crippen LogP contribution in [-0.4, -0.2) is 9.97 Å². The van der Waals surface area contributed by atoms with Crippen molar-refractivity contribution in [1.82, 2.24) is 9.97 Å². The zero-order valence-electron chi connectivity index (χ0n) is 38.5. The quantitative estimate of drug-likeness (QED) is 0.237. The standard InChI is InChI=1S/C54H88N2/c1-33(2)13-11-15-35(5)41-21-23-43-39-19-17-37-29-47-49(31-53(37,9)45(39)25-27-51(41,43)7)55-48-30-38-18-20-40-44-24-22-42(36(6)16-12-14-34(3)4)52(44,8)28-26-46(40)54(38,10)32-50(48)56-47/h33-46H,11-32H2,1-10H3/t35?,36?,37-,38-,39-,40-,41+,42+,43-,44-,45-,46-,51+,52+,53-,54-/m0/s1. The second-order valence-electron chi connectivity index (χ2n) is 25.1. The highest BCUT2D eigenvalue weighted by molar-refractivity contribution is 5.31. The SMILES string of the molecule is CC(C)CCCC(C)[C@H]1CC[C@H]2[C@@H]3CC[C@H]4Cc5nc6c(nc5C[C@]4(C)[C@H]3CC[C@]12C)C[C@@H]1CC[C@@H]2[C@H](CC[C@]3(C)[C@@H](C(C)CCCC(C)C)CC[C@@H]23)[C@@]1(C)C6. The average Bonchev–Trinajstić information content (AvgIpc) is 3.68. The third kappa shape index (κ3) is 6.48. The van der Waals surface area contributed by atoms with Crippen LogP contribution >= 0.6 is 0 Å². The lowest BCUT2D eigenvalue weighted by Gasteiger charge is -2.61. The molecule has 0 radical (unpaired) electrons. The fourth-order valence-electron chi connectivity index (χ4n) is 18.7.